The van der Waals surface area contributed by atoms with Crippen molar-refractivity contribution in [2.75, 3.05) is 20.3 Å². The average molecular weight is 398 g/mol. The lowest BCUT2D eigenvalue weighted by atomic mass is 10.1. The van der Waals surface area contributed by atoms with E-state index in [4.69, 9.17) is 9.47 Å². The fourth-order valence-corrected chi connectivity index (χ4v) is 4.15. The van der Waals surface area contributed by atoms with Crippen LogP contribution in [0.25, 0.3) is 11.3 Å². The SMILES string of the molecule is COc1cccc(-c2cc(C(=O)N(Cc3cccs3)C3CCOCC3)[nH]n2)c1. The van der Waals surface area contributed by atoms with Crippen molar-refractivity contribution < 1.29 is 14.3 Å². The molecule has 1 aromatic carbocycles. The second-order valence-corrected chi connectivity index (χ2v) is 7.79. The van der Waals surface area contributed by atoms with E-state index < -0.39 is 0 Å². The van der Waals surface area contributed by atoms with E-state index in [2.05, 4.69) is 16.3 Å². The average Bonchev–Trinajstić information content (AvgIpc) is 3.44. The first-order chi connectivity index (χ1) is 13.7. The molecule has 4 rings (SSSR count). The number of amides is 1. The Kier molecular flexibility index (Phi) is 5.73. The third-order valence-electron chi connectivity index (χ3n) is 4.97. The number of methoxy groups -OCH3 is 1. The Morgan fingerprint density at radius 2 is 2.14 bits per heavy atom. The summed E-state index contributed by atoms with van der Waals surface area (Å²) in [5, 5.41) is 9.33. The Bertz CT molecular complexity index is 917. The molecular weight excluding hydrogens is 374 g/mol. The zero-order chi connectivity index (χ0) is 19.3. The lowest BCUT2D eigenvalue weighted by Crippen LogP contribution is -2.43. The van der Waals surface area contributed by atoms with Crippen LogP contribution in [-0.4, -0.2) is 47.4 Å². The number of carbonyl (C=O) groups is 1. The van der Waals surface area contributed by atoms with Gasteiger partial charge in [0.05, 0.1) is 19.3 Å². The van der Waals surface area contributed by atoms with Crippen molar-refractivity contribution in [2.45, 2.75) is 25.4 Å². The van der Waals surface area contributed by atoms with Crippen molar-refractivity contribution in [3.05, 3.63) is 58.4 Å². The summed E-state index contributed by atoms with van der Waals surface area (Å²) in [6.45, 7) is 1.99. The van der Waals surface area contributed by atoms with Crippen LogP contribution < -0.4 is 4.74 Å². The van der Waals surface area contributed by atoms with Crippen LogP contribution in [0.5, 0.6) is 5.75 Å². The largest absolute Gasteiger partial charge is 0.497 e. The molecule has 146 valence electrons. The van der Waals surface area contributed by atoms with E-state index in [-0.39, 0.29) is 11.9 Å². The van der Waals surface area contributed by atoms with Crippen LogP contribution in [0.4, 0.5) is 0 Å². The summed E-state index contributed by atoms with van der Waals surface area (Å²) in [6, 6.07) is 13.7. The molecule has 3 heterocycles. The Labute approximate surface area is 168 Å². The van der Waals surface area contributed by atoms with Gasteiger partial charge in [-0.1, -0.05) is 18.2 Å². The van der Waals surface area contributed by atoms with Crippen molar-refractivity contribution in [3.63, 3.8) is 0 Å². The van der Waals surface area contributed by atoms with Gasteiger partial charge in [0.1, 0.15) is 11.4 Å². The zero-order valence-corrected chi connectivity index (χ0v) is 16.6. The summed E-state index contributed by atoms with van der Waals surface area (Å²) in [6.07, 6.45) is 1.71. The van der Waals surface area contributed by atoms with Crippen molar-refractivity contribution in [1.29, 1.82) is 0 Å². The van der Waals surface area contributed by atoms with Gasteiger partial charge in [-0.3, -0.25) is 9.89 Å². The van der Waals surface area contributed by atoms with Crippen molar-refractivity contribution in [3.8, 4) is 17.0 Å². The molecule has 1 saturated heterocycles. The molecule has 2 aromatic heterocycles. The van der Waals surface area contributed by atoms with Crippen LogP contribution in [0, 0.1) is 0 Å². The number of rotatable bonds is 6. The summed E-state index contributed by atoms with van der Waals surface area (Å²) in [5.41, 5.74) is 2.14. The van der Waals surface area contributed by atoms with E-state index in [1.165, 1.54) is 4.88 Å². The van der Waals surface area contributed by atoms with Crippen LogP contribution in [-0.2, 0) is 11.3 Å². The molecule has 28 heavy (non-hydrogen) atoms. The Morgan fingerprint density at radius 3 is 2.89 bits per heavy atom. The van der Waals surface area contributed by atoms with Gasteiger partial charge < -0.3 is 14.4 Å². The molecule has 7 heteroatoms. The highest BCUT2D eigenvalue weighted by Crippen LogP contribution is 2.25. The number of nitrogens with one attached hydrogen (secondary N) is 1. The fourth-order valence-electron chi connectivity index (χ4n) is 3.45. The van der Waals surface area contributed by atoms with Gasteiger partial charge in [0.25, 0.3) is 5.91 Å². The third-order valence-corrected chi connectivity index (χ3v) is 5.83. The number of carbonyl (C=O) groups excluding carboxylic acids is 1. The third kappa shape index (κ3) is 4.10. The van der Waals surface area contributed by atoms with Crippen molar-refractivity contribution in [1.82, 2.24) is 15.1 Å². The number of hydrogen-bond donors (Lipinski definition) is 1. The number of H-pyrrole nitrogens is 1. The number of aromatic amines is 1. The van der Waals surface area contributed by atoms with Crippen LogP contribution in [0.15, 0.2) is 47.8 Å². The maximum Gasteiger partial charge on any atom is 0.272 e. The van der Waals surface area contributed by atoms with Crippen molar-refractivity contribution >= 4 is 17.2 Å². The van der Waals surface area contributed by atoms with E-state index in [9.17, 15) is 4.79 Å². The van der Waals surface area contributed by atoms with Crippen LogP contribution in [0.1, 0.15) is 28.2 Å². The summed E-state index contributed by atoms with van der Waals surface area (Å²) >= 11 is 1.67. The number of benzene rings is 1. The van der Waals surface area contributed by atoms with Gasteiger partial charge in [-0.05, 0) is 42.5 Å². The summed E-state index contributed by atoms with van der Waals surface area (Å²) in [7, 11) is 1.63. The van der Waals surface area contributed by atoms with Gasteiger partial charge in [-0.25, -0.2) is 0 Å². The normalized spacial score (nSPS) is 14.8. The van der Waals surface area contributed by atoms with E-state index >= 15 is 0 Å². The molecule has 1 N–H and O–H groups in total. The van der Waals surface area contributed by atoms with E-state index in [1.807, 2.05) is 46.7 Å². The van der Waals surface area contributed by atoms with Crippen LogP contribution >= 0.6 is 11.3 Å². The quantitative estimate of drug-likeness (QED) is 0.683. The smallest absolute Gasteiger partial charge is 0.272 e. The lowest BCUT2D eigenvalue weighted by Gasteiger charge is -2.33. The zero-order valence-electron chi connectivity index (χ0n) is 15.8. The second-order valence-electron chi connectivity index (χ2n) is 6.75. The number of aromatic nitrogens is 2. The number of nitrogens with zero attached hydrogens (tertiary/aromatic N) is 2. The summed E-state index contributed by atoms with van der Waals surface area (Å²) in [4.78, 5) is 16.5. The molecule has 1 fully saturated rings. The van der Waals surface area contributed by atoms with E-state index in [0.717, 1.165) is 29.8 Å². The van der Waals surface area contributed by atoms with Gasteiger partial charge in [-0.15, -0.1) is 11.3 Å². The molecule has 0 bridgehead atoms. The first kappa shape index (κ1) is 18.7. The molecule has 1 amide bonds. The van der Waals surface area contributed by atoms with Gasteiger partial charge in [0, 0.05) is 29.7 Å². The maximum atomic E-state index is 13.3. The monoisotopic (exact) mass is 397 g/mol. The van der Waals surface area contributed by atoms with Gasteiger partial charge >= 0.3 is 0 Å². The predicted molar refractivity (Wildman–Crippen MR) is 109 cm³/mol. The minimum Gasteiger partial charge on any atom is -0.497 e. The number of hydrogen-bond acceptors (Lipinski definition) is 5. The van der Waals surface area contributed by atoms with E-state index in [0.29, 0.717) is 25.5 Å². The highest BCUT2D eigenvalue weighted by molar-refractivity contribution is 7.09. The van der Waals surface area contributed by atoms with Crippen molar-refractivity contribution in [2.24, 2.45) is 0 Å². The molecule has 0 atom stereocenters. The molecule has 6 nitrogen and oxygen atoms in total. The molecule has 0 aliphatic carbocycles. The molecule has 1 aliphatic heterocycles. The molecule has 0 saturated carbocycles. The maximum absolute atomic E-state index is 13.3. The van der Waals surface area contributed by atoms with Crippen LogP contribution in [0.2, 0.25) is 0 Å². The topological polar surface area (TPSA) is 67.4 Å². The molecular formula is C21H23N3O3S. The van der Waals surface area contributed by atoms with Gasteiger partial charge in [0.15, 0.2) is 0 Å². The highest BCUT2D eigenvalue weighted by atomic mass is 32.1. The lowest BCUT2D eigenvalue weighted by molar-refractivity contribution is 0.0266. The summed E-state index contributed by atoms with van der Waals surface area (Å²) in [5.74, 6) is 0.733. The van der Waals surface area contributed by atoms with Gasteiger partial charge in [0.2, 0.25) is 0 Å². The Balaban J connectivity index is 1.58. The number of thiophene rings is 1. The fraction of sp³-hybridized carbons (Fsp3) is 0.333. The second kappa shape index (κ2) is 8.58. The standard InChI is InChI=1S/C21H23N3O3S/c1-26-17-5-2-4-15(12-17)19-13-20(23-22-19)21(25)24(14-18-6-3-11-28-18)16-7-9-27-10-8-16/h2-6,11-13,16H,7-10,14H2,1H3,(H,22,23). The minimum atomic E-state index is -0.0260. The molecule has 3 aromatic rings. The Hall–Kier alpha value is -2.64. The first-order valence-corrected chi connectivity index (χ1v) is 10.2. The predicted octanol–water partition coefficient (Wildman–Crippen LogP) is 3.97. The molecule has 0 spiro atoms. The van der Waals surface area contributed by atoms with E-state index in [1.54, 1.807) is 18.4 Å². The molecule has 1 aliphatic rings. The molecule has 0 unspecified atom stereocenters. The number of ether oxygens (including phenoxy) is 2. The van der Waals surface area contributed by atoms with Gasteiger partial charge in [-0.2, -0.15) is 5.10 Å². The Morgan fingerprint density at radius 1 is 1.29 bits per heavy atom. The minimum absolute atomic E-state index is 0.0260. The highest BCUT2D eigenvalue weighted by Gasteiger charge is 2.28. The van der Waals surface area contributed by atoms with Crippen LogP contribution in [0.3, 0.4) is 0 Å². The molecule has 0 radical (unpaired) electrons. The summed E-state index contributed by atoms with van der Waals surface area (Å²) < 4.78 is 10.8. The first-order valence-electron chi connectivity index (χ1n) is 9.35.